The Morgan fingerprint density at radius 2 is 2.00 bits per heavy atom. The first kappa shape index (κ1) is 17.3. The van der Waals surface area contributed by atoms with Crippen molar-refractivity contribution in [1.82, 2.24) is 4.90 Å². The van der Waals surface area contributed by atoms with E-state index in [1.807, 2.05) is 4.90 Å². The molecule has 0 radical (unpaired) electrons. The Hall–Kier alpha value is -1.10. The van der Waals surface area contributed by atoms with Gasteiger partial charge in [0.05, 0.1) is 5.41 Å². The third-order valence-electron chi connectivity index (χ3n) is 5.37. The largest absolute Gasteiger partial charge is 0.481 e. The molecule has 1 saturated heterocycles. The topological polar surface area (TPSA) is 66.8 Å². The molecule has 5 nitrogen and oxygen atoms in total. The Bertz CT molecular complexity index is 390. The van der Waals surface area contributed by atoms with Gasteiger partial charge in [0.2, 0.25) is 5.91 Å². The Morgan fingerprint density at radius 1 is 1.27 bits per heavy atom. The number of rotatable bonds is 7. The first-order valence-electron chi connectivity index (χ1n) is 8.57. The van der Waals surface area contributed by atoms with E-state index >= 15 is 0 Å². The van der Waals surface area contributed by atoms with E-state index in [4.69, 9.17) is 9.84 Å². The highest BCUT2D eigenvalue weighted by Crippen LogP contribution is 2.43. The van der Waals surface area contributed by atoms with Crippen LogP contribution in [-0.4, -0.2) is 48.7 Å². The van der Waals surface area contributed by atoms with Gasteiger partial charge in [-0.25, -0.2) is 0 Å². The zero-order valence-corrected chi connectivity index (χ0v) is 13.7. The minimum absolute atomic E-state index is 0.210. The van der Waals surface area contributed by atoms with Gasteiger partial charge in [-0.1, -0.05) is 12.8 Å². The molecule has 0 bridgehead atoms. The van der Waals surface area contributed by atoms with Crippen LogP contribution in [0, 0.1) is 11.3 Å². The molecule has 1 saturated carbocycles. The lowest BCUT2D eigenvalue weighted by molar-refractivity contribution is -0.145. The molecule has 22 heavy (non-hydrogen) atoms. The van der Waals surface area contributed by atoms with Crippen LogP contribution in [0.3, 0.4) is 0 Å². The summed E-state index contributed by atoms with van der Waals surface area (Å²) in [5.74, 6) is -0.104. The maximum absolute atomic E-state index is 13.1. The van der Waals surface area contributed by atoms with Gasteiger partial charge in [0.25, 0.3) is 0 Å². The number of aliphatic carboxylic acids is 1. The normalized spacial score (nSPS) is 24.4. The highest BCUT2D eigenvalue weighted by Gasteiger charge is 2.43. The summed E-state index contributed by atoms with van der Waals surface area (Å²) in [5, 5.41) is 8.84. The Kier molecular flexibility index (Phi) is 6.24. The van der Waals surface area contributed by atoms with Crippen molar-refractivity contribution in [3.8, 4) is 0 Å². The number of methoxy groups -OCH3 is 1. The van der Waals surface area contributed by atoms with E-state index in [2.05, 4.69) is 0 Å². The summed E-state index contributed by atoms with van der Waals surface area (Å²) in [6, 6.07) is 0. The number of nitrogens with zero attached hydrogens (tertiary/aromatic N) is 1. The zero-order valence-electron chi connectivity index (χ0n) is 13.7. The second kappa shape index (κ2) is 7.95. The van der Waals surface area contributed by atoms with Gasteiger partial charge in [0, 0.05) is 33.2 Å². The molecule has 1 amide bonds. The number of hydrogen-bond donors (Lipinski definition) is 1. The maximum atomic E-state index is 13.1. The molecule has 0 aromatic carbocycles. The van der Waals surface area contributed by atoms with E-state index < -0.39 is 5.97 Å². The minimum Gasteiger partial charge on any atom is -0.481 e. The van der Waals surface area contributed by atoms with Crippen molar-refractivity contribution in [3.05, 3.63) is 0 Å². The highest BCUT2D eigenvalue weighted by atomic mass is 16.5. The molecule has 1 unspecified atom stereocenters. The molecule has 1 heterocycles. The maximum Gasteiger partial charge on any atom is 0.303 e. The van der Waals surface area contributed by atoms with Crippen LogP contribution >= 0.6 is 0 Å². The Balaban J connectivity index is 1.95. The third-order valence-corrected chi connectivity index (χ3v) is 5.37. The second-order valence-electron chi connectivity index (χ2n) is 6.92. The number of carboxylic acid groups (broad SMARTS) is 1. The fourth-order valence-electron chi connectivity index (χ4n) is 4.07. The molecule has 1 aliphatic heterocycles. The predicted octanol–water partition coefficient (Wildman–Crippen LogP) is 2.69. The number of piperidine rings is 1. The number of likely N-dealkylation sites (tertiary alicyclic amines) is 1. The lowest BCUT2D eigenvalue weighted by Crippen LogP contribution is -2.47. The molecular formula is C17H29NO4. The van der Waals surface area contributed by atoms with E-state index in [1.165, 1.54) is 0 Å². The second-order valence-corrected chi connectivity index (χ2v) is 6.92. The van der Waals surface area contributed by atoms with Gasteiger partial charge in [-0.15, -0.1) is 0 Å². The van der Waals surface area contributed by atoms with Crippen LogP contribution in [-0.2, 0) is 14.3 Å². The van der Waals surface area contributed by atoms with E-state index in [-0.39, 0.29) is 11.8 Å². The summed E-state index contributed by atoms with van der Waals surface area (Å²) in [5.41, 5.74) is -0.218. The third kappa shape index (κ3) is 4.22. The summed E-state index contributed by atoms with van der Waals surface area (Å²) in [4.78, 5) is 25.8. The predicted molar refractivity (Wildman–Crippen MR) is 83.6 cm³/mol. The standard InChI is InChI=1S/C17H29NO4/c1-22-12-10-17(8-2-3-9-17)16(21)18-11-4-5-14(13-18)6-7-15(19)20/h14H,2-13H2,1H3,(H,19,20). The highest BCUT2D eigenvalue weighted by molar-refractivity contribution is 5.83. The van der Waals surface area contributed by atoms with Gasteiger partial charge in [-0.2, -0.15) is 0 Å². The Morgan fingerprint density at radius 3 is 2.64 bits per heavy atom. The molecule has 2 aliphatic rings. The van der Waals surface area contributed by atoms with Crippen LogP contribution < -0.4 is 0 Å². The van der Waals surface area contributed by atoms with Crippen molar-refractivity contribution in [2.75, 3.05) is 26.8 Å². The lowest BCUT2D eigenvalue weighted by Gasteiger charge is -2.39. The molecule has 5 heteroatoms. The van der Waals surface area contributed by atoms with Gasteiger partial charge in [0.15, 0.2) is 0 Å². The van der Waals surface area contributed by atoms with E-state index in [0.717, 1.165) is 58.0 Å². The fraction of sp³-hybridized carbons (Fsp3) is 0.882. The van der Waals surface area contributed by atoms with Gasteiger partial charge >= 0.3 is 5.97 Å². The summed E-state index contributed by atoms with van der Waals surface area (Å²) in [7, 11) is 1.69. The van der Waals surface area contributed by atoms with Crippen LogP contribution in [0.25, 0.3) is 0 Å². The quantitative estimate of drug-likeness (QED) is 0.785. The number of carboxylic acids is 1. The number of ether oxygens (including phenoxy) is 1. The monoisotopic (exact) mass is 311 g/mol. The molecule has 0 aromatic heterocycles. The number of amides is 1. The van der Waals surface area contributed by atoms with Crippen molar-refractivity contribution >= 4 is 11.9 Å². The number of carbonyl (C=O) groups excluding carboxylic acids is 1. The van der Waals surface area contributed by atoms with Gasteiger partial charge in [0.1, 0.15) is 0 Å². The average Bonchev–Trinajstić information content (AvgIpc) is 3.00. The molecule has 0 aromatic rings. The van der Waals surface area contributed by atoms with Crippen LogP contribution in [0.15, 0.2) is 0 Å². The molecule has 0 spiro atoms. The average molecular weight is 311 g/mol. The molecule has 1 atom stereocenters. The summed E-state index contributed by atoms with van der Waals surface area (Å²) in [6.45, 7) is 2.21. The van der Waals surface area contributed by atoms with Crippen molar-refractivity contribution in [3.63, 3.8) is 0 Å². The van der Waals surface area contributed by atoms with Crippen molar-refractivity contribution in [2.45, 2.75) is 57.8 Å². The van der Waals surface area contributed by atoms with Crippen molar-refractivity contribution < 1.29 is 19.4 Å². The number of carbonyl (C=O) groups is 2. The van der Waals surface area contributed by atoms with Crippen molar-refractivity contribution in [1.29, 1.82) is 0 Å². The van der Waals surface area contributed by atoms with Gasteiger partial charge < -0.3 is 14.7 Å². The number of hydrogen-bond acceptors (Lipinski definition) is 3. The van der Waals surface area contributed by atoms with Crippen LogP contribution in [0.2, 0.25) is 0 Å². The SMILES string of the molecule is COCCC1(C(=O)N2CCCC(CCC(=O)O)C2)CCCC1. The fourth-order valence-corrected chi connectivity index (χ4v) is 4.07. The molecule has 1 aliphatic carbocycles. The first-order chi connectivity index (χ1) is 10.6. The van der Waals surface area contributed by atoms with Crippen LogP contribution in [0.5, 0.6) is 0 Å². The summed E-state index contributed by atoms with van der Waals surface area (Å²) < 4.78 is 5.22. The smallest absolute Gasteiger partial charge is 0.303 e. The Labute approximate surface area is 133 Å². The summed E-state index contributed by atoms with van der Waals surface area (Å²) in [6.07, 6.45) is 7.97. The van der Waals surface area contributed by atoms with E-state index in [0.29, 0.717) is 24.9 Å². The molecular weight excluding hydrogens is 282 g/mol. The zero-order chi connectivity index (χ0) is 16.0. The molecule has 2 rings (SSSR count). The molecule has 2 fully saturated rings. The molecule has 126 valence electrons. The lowest BCUT2D eigenvalue weighted by atomic mass is 9.80. The van der Waals surface area contributed by atoms with Gasteiger partial charge in [-0.3, -0.25) is 9.59 Å². The van der Waals surface area contributed by atoms with Gasteiger partial charge in [-0.05, 0) is 44.4 Å². The van der Waals surface area contributed by atoms with Crippen LogP contribution in [0.4, 0.5) is 0 Å². The summed E-state index contributed by atoms with van der Waals surface area (Å²) >= 11 is 0. The van der Waals surface area contributed by atoms with Crippen LogP contribution in [0.1, 0.15) is 57.8 Å². The van der Waals surface area contributed by atoms with E-state index in [9.17, 15) is 9.59 Å². The van der Waals surface area contributed by atoms with Crippen molar-refractivity contribution in [2.24, 2.45) is 11.3 Å². The first-order valence-corrected chi connectivity index (χ1v) is 8.57. The molecule has 1 N–H and O–H groups in total. The minimum atomic E-state index is -0.740. The van der Waals surface area contributed by atoms with E-state index in [1.54, 1.807) is 7.11 Å².